The molecule has 1 aromatic heterocycles. The number of piperidine rings is 1. The molecule has 3 amide bonds. The molecule has 1 fully saturated rings. The minimum Gasteiger partial charge on any atom is -0.369 e. The zero-order chi connectivity index (χ0) is 28.3. The maximum atomic E-state index is 13.0. The second-order valence-corrected chi connectivity index (χ2v) is 11.2. The van der Waals surface area contributed by atoms with Gasteiger partial charge in [0.2, 0.25) is 11.8 Å². The van der Waals surface area contributed by atoms with Crippen molar-refractivity contribution in [2.75, 3.05) is 18.4 Å². The van der Waals surface area contributed by atoms with E-state index in [1.165, 1.54) is 17.0 Å². The van der Waals surface area contributed by atoms with E-state index in [0.717, 1.165) is 5.56 Å². The topological polar surface area (TPSA) is 127 Å². The predicted molar refractivity (Wildman–Crippen MR) is 150 cm³/mol. The van der Waals surface area contributed by atoms with E-state index in [2.05, 4.69) is 10.3 Å². The fraction of sp³-hybridized carbons (Fsp3) is 0.345. The maximum Gasteiger partial charge on any atom is 0.254 e. The van der Waals surface area contributed by atoms with Gasteiger partial charge in [0.15, 0.2) is 0 Å². The molecule has 1 aliphatic heterocycles. The van der Waals surface area contributed by atoms with E-state index in [4.69, 9.17) is 17.3 Å². The summed E-state index contributed by atoms with van der Waals surface area (Å²) in [6.45, 7) is 6.60. The smallest absolute Gasteiger partial charge is 0.254 e. The third-order valence-electron chi connectivity index (χ3n) is 6.78. The predicted octanol–water partition coefficient (Wildman–Crippen LogP) is 3.93. The molecular formula is C29H32ClN5O4. The van der Waals surface area contributed by atoms with Crippen molar-refractivity contribution in [3.8, 4) is 11.3 Å². The van der Waals surface area contributed by atoms with E-state index in [9.17, 15) is 19.2 Å². The maximum absolute atomic E-state index is 13.0. The normalized spacial score (nSPS) is 14.2. The molecule has 1 aliphatic rings. The summed E-state index contributed by atoms with van der Waals surface area (Å²) in [6.07, 6.45) is 2.57. The van der Waals surface area contributed by atoms with Gasteiger partial charge < -0.3 is 16.0 Å². The van der Waals surface area contributed by atoms with Gasteiger partial charge in [-0.25, -0.2) is 4.98 Å². The average Bonchev–Trinajstić information content (AvgIpc) is 2.89. The fourth-order valence-electron chi connectivity index (χ4n) is 4.39. The van der Waals surface area contributed by atoms with Gasteiger partial charge in [-0.1, -0.05) is 44.5 Å². The number of hydrogen-bond donors (Lipinski definition) is 2. The van der Waals surface area contributed by atoms with Crippen LogP contribution in [0.4, 0.5) is 5.69 Å². The van der Waals surface area contributed by atoms with Crippen molar-refractivity contribution in [3.63, 3.8) is 0 Å². The highest BCUT2D eigenvalue weighted by molar-refractivity contribution is 6.31. The Morgan fingerprint density at radius 3 is 2.44 bits per heavy atom. The number of anilines is 1. The minimum absolute atomic E-state index is 0.117. The molecule has 39 heavy (non-hydrogen) atoms. The number of aromatic nitrogens is 2. The lowest BCUT2D eigenvalue weighted by molar-refractivity contribution is -0.123. The van der Waals surface area contributed by atoms with Crippen molar-refractivity contribution in [1.82, 2.24) is 14.5 Å². The van der Waals surface area contributed by atoms with Crippen molar-refractivity contribution >= 4 is 35.0 Å². The molecule has 0 unspecified atom stereocenters. The number of halogens is 1. The minimum atomic E-state index is -0.619. The van der Waals surface area contributed by atoms with Crippen molar-refractivity contribution in [1.29, 1.82) is 0 Å². The van der Waals surface area contributed by atoms with Crippen molar-refractivity contribution in [2.45, 2.75) is 40.2 Å². The Labute approximate surface area is 232 Å². The van der Waals surface area contributed by atoms with Crippen LogP contribution < -0.4 is 16.6 Å². The Bertz CT molecular complexity index is 1470. The van der Waals surface area contributed by atoms with Gasteiger partial charge in [-0.2, -0.15) is 0 Å². The molecule has 2 heterocycles. The Morgan fingerprint density at radius 2 is 1.79 bits per heavy atom. The Kier molecular flexibility index (Phi) is 8.20. The van der Waals surface area contributed by atoms with Crippen LogP contribution in [0.2, 0.25) is 5.02 Å². The first-order valence-corrected chi connectivity index (χ1v) is 13.2. The number of likely N-dealkylation sites (tertiary alicyclic amines) is 1. The summed E-state index contributed by atoms with van der Waals surface area (Å²) < 4.78 is 1.45. The number of carbonyl (C=O) groups is 3. The first kappa shape index (κ1) is 28.0. The summed E-state index contributed by atoms with van der Waals surface area (Å²) in [5.41, 5.74) is 7.24. The Hall–Kier alpha value is -3.98. The van der Waals surface area contributed by atoms with E-state index in [0.29, 0.717) is 53.5 Å². The molecule has 3 aromatic rings. The van der Waals surface area contributed by atoms with Crippen LogP contribution in [0.15, 0.2) is 59.7 Å². The highest BCUT2D eigenvalue weighted by Gasteiger charge is 2.26. The van der Waals surface area contributed by atoms with Gasteiger partial charge in [-0.3, -0.25) is 23.7 Å². The summed E-state index contributed by atoms with van der Waals surface area (Å²) >= 11 is 6.17. The van der Waals surface area contributed by atoms with Crippen LogP contribution in [0, 0.1) is 11.3 Å². The summed E-state index contributed by atoms with van der Waals surface area (Å²) in [5, 5.41) is 3.33. The zero-order valence-electron chi connectivity index (χ0n) is 22.2. The summed E-state index contributed by atoms with van der Waals surface area (Å²) in [4.78, 5) is 56.3. The molecule has 4 rings (SSSR count). The number of nitrogens with one attached hydrogen (secondary N) is 1. The summed E-state index contributed by atoms with van der Waals surface area (Å²) in [6, 6.07) is 13.6. The van der Waals surface area contributed by atoms with E-state index < -0.39 is 5.41 Å². The molecule has 10 heteroatoms. The second kappa shape index (κ2) is 11.4. The molecule has 9 nitrogen and oxygen atoms in total. The number of amides is 3. The number of nitrogens with two attached hydrogens (primary N) is 1. The molecule has 0 bridgehead atoms. The molecule has 0 aliphatic carbocycles. The summed E-state index contributed by atoms with van der Waals surface area (Å²) in [7, 11) is 0. The zero-order valence-corrected chi connectivity index (χ0v) is 23.0. The molecule has 3 N–H and O–H groups in total. The van der Waals surface area contributed by atoms with E-state index in [1.807, 2.05) is 6.07 Å². The van der Waals surface area contributed by atoms with Gasteiger partial charge in [-0.15, -0.1) is 0 Å². The third kappa shape index (κ3) is 6.72. The van der Waals surface area contributed by atoms with Crippen LogP contribution in [-0.4, -0.2) is 45.3 Å². The Balaban J connectivity index is 1.52. The van der Waals surface area contributed by atoms with Crippen LogP contribution in [0.5, 0.6) is 0 Å². The van der Waals surface area contributed by atoms with Gasteiger partial charge in [0.05, 0.1) is 24.3 Å². The molecule has 0 atom stereocenters. The highest BCUT2D eigenvalue weighted by atomic mass is 35.5. The quantitative estimate of drug-likeness (QED) is 0.481. The molecule has 0 spiro atoms. The second-order valence-electron chi connectivity index (χ2n) is 10.8. The SMILES string of the molecule is CC(C)(C)C(=O)Nc1cc(Cl)ccc1-c1cc(=O)n(Cc2cccc(C(=O)N3CCC(C(N)=O)CC3)c2)cn1. The lowest BCUT2D eigenvalue weighted by atomic mass is 9.95. The van der Waals surface area contributed by atoms with Gasteiger partial charge in [0.25, 0.3) is 11.5 Å². The van der Waals surface area contributed by atoms with Crippen LogP contribution >= 0.6 is 11.6 Å². The lowest BCUT2D eigenvalue weighted by Crippen LogP contribution is -2.41. The van der Waals surface area contributed by atoms with Crippen LogP contribution in [0.1, 0.15) is 49.5 Å². The van der Waals surface area contributed by atoms with Crippen LogP contribution in [0.3, 0.4) is 0 Å². The van der Waals surface area contributed by atoms with E-state index in [1.54, 1.807) is 62.1 Å². The Morgan fingerprint density at radius 1 is 1.08 bits per heavy atom. The standard InChI is InChI=1S/C29H32ClN5O4/c1-29(2,3)28(39)33-24-14-21(30)7-8-22(24)23-15-25(36)35(17-32-23)16-18-5-4-6-20(13-18)27(38)34-11-9-19(10-12-34)26(31)37/h4-8,13-15,17,19H,9-12,16H2,1-3H3,(H2,31,37)(H,33,39). The van der Waals surface area contributed by atoms with Gasteiger partial charge >= 0.3 is 0 Å². The first-order chi connectivity index (χ1) is 18.4. The third-order valence-corrected chi connectivity index (χ3v) is 7.01. The van der Waals surface area contributed by atoms with Crippen molar-refractivity contribution in [2.24, 2.45) is 17.1 Å². The summed E-state index contributed by atoms with van der Waals surface area (Å²) in [5.74, 6) is -0.822. The van der Waals surface area contributed by atoms with E-state index in [-0.39, 0.29) is 35.7 Å². The van der Waals surface area contributed by atoms with Crippen LogP contribution in [0.25, 0.3) is 11.3 Å². The largest absolute Gasteiger partial charge is 0.369 e. The molecular weight excluding hydrogens is 518 g/mol. The van der Waals surface area contributed by atoms with E-state index >= 15 is 0 Å². The number of carbonyl (C=O) groups excluding carboxylic acids is 3. The molecule has 0 saturated carbocycles. The number of hydrogen-bond acceptors (Lipinski definition) is 5. The first-order valence-electron chi connectivity index (χ1n) is 12.8. The van der Waals surface area contributed by atoms with Gasteiger partial charge in [0.1, 0.15) is 0 Å². The molecule has 204 valence electrons. The average molecular weight is 550 g/mol. The van der Waals surface area contributed by atoms with Crippen molar-refractivity contribution in [3.05, 3.63) is 81.4 Å². The monoisotopic (exact) mass is 549 g/mol. The fourth-order valence-corrected chi connectivity index (χ4v) is 4.57. The van der Waals surface area contributed by atoms with Crippen LogP contribution in [-0.2, 0) is 16.1 Å². The molecule has 1 saturated heterocycles. The van der Waals surface area contributed by atoms with Crippen molar-refractivity contribution < 1.29 is 14.4 Å². The molecule has 0 radical (unpaired) electrons. The molecule has 2 aromatic carbocycles. The number of primary amides is 1. The number of rotatable bonds is 6. The lowest BCUT2D eigenvalue weighted by Gasteiger charge is -2.30. The number of nitrogens with zero attached hydrogens (tertiary/aromatic N) is 3. The van der Waals surface area contributed by atoms with Gasteiger partial charge in [0, 0.05) is 46.6 Å². The number of benzene rings is 2. The van der Waals surface area contributed by atoms with Gasteiger partial charge in [-0.05, 0) is 48.7 Å². The highest BCUT2D eigenvalue weighted by Crippen LogP contribution is 2.30.